The molecular formula is C12H24O. The Bertz CT molecular complexity index is 147. The lowest BCUT2D eigenvalue weighted by atomic mass is 9.92. The molecule has 1 nitrogen and oxygen atoms in total. The minimum atomic E-state index is 0.210. The maximum absolute atomic E-state index is 11.4. The zero-order valence-corrected chi connectivity index (χ0v) is 9.76. The summed E-state index contributed by atoms with van der Waals surface area (Å²) in [5.41, 5.74) is 0. The highest BCUT2D eigenvalue weighted by Crippen LogP contribution is 2.16. The van der Waals surface area contributed by atoms with Gasteiger partial charge in [0.05, 0.1) is 0 Å². The first-order valence-electron chi connectivity index (χ1n) is 5.46. The molecule has 0 aromatic rings. The molecule has 0 rings (SSSR count). The molecule has 0 fully saturated rings. The fraction of sp³-hybridized carbons (Fsp3) is 0.917. The lowest BCUT2D eigenvalue weighted by Gasteiger charge is -2.13. The smallest absolute Gasteiger partial charge is 0.135 e. The number of rotatable bonds is 6. The van der Waals surface area contributed by atoms with Crippen LogP contribution >= 0.6 is 0 Å². The van der Waals surface area contributed by atoms with Crippen molar-refractivity contribution in [2.45, 2.75) is 53.9 Å². The minimum Gasteiger partial charge on any atom is -0.299 e. The van der Waals surface area contributed by atoms with Gasteiger partial charge in [0, 0.05) is 12.3 Å². The molecule has 0 aromatic carbocycles. The van der Waals surface area contributed by atoms with E-state index in [2.05, 4.69) is 20.8 Å². The standard InChI is InChI=1S/C12H24O/c1-9(2)6-7-11(5)8-12(13)10(3)4/h9-11H,6-8H2,1-5H3/t11-/m0/s1. The van der Waals surface area contributed by atoms with Crippen molar-refractivity contribution < 1.29 is 4.79 Å². The molecule has 0 amide bonds. The van der Waals surface area contributed by atoms with Crippen molar-refractivity contribution >= 4 is 5.78 Å². The average Bonchev–Trinajstić information content (AvgIpc) is 2.00. The minimum absolute atomic E-state index is 0.210. The predicted octanol–water partition coefficient (Wildman–Crippen LogP) is 3.67. The maximum Gasteiger partial charge on any atom is 0.135 e. The van der Waals surface area contributed by atoms with Crippen molar-refractivity contribution in [3.63, 3.8) is 0 Å². The topological polar surface area (TPSA) is 17.1 Å². The number of hydrogen-bond donors (Lipinski definition) is 0. The number of carbonyl (C=O) groups is 1. The molecule has 0 radical (unpaired) electrons. The molecule has 0 N–H and O–H groups in total. The Morgan fingerprint density at radius 1 is 1.00 bits per heavy atom. The maximum atomic E-state index is 11.4. The molecule has 0 saturated heterocycles. The Morgan fingerprint density at radius 3 is 1.92 bits per heavy atom. The van der Waals surface area contributed by atoms with Gasteiger partial charge in [-0.25, -0.2) is 0 Å². The van der Waals surface area contributed by atoms with Crippen LogP contribution in [0.15, 0.2) is 0 Å². The molecular weight excluding hydrogens is 160 g/mol. The molecule has 0 aliphatic rings. The molecule has 13 heavy (non-hydrogen) atoms. The van der Waals surface area contributed by atoms with Crippen LogP contribution in [0.2, 0.25) is 0 Å². The van der Waals surface area contributed by atoms with Gasteiger partial charge in [-0.05, 0) is 11.8 Å². The second kappa shape index (κ2) is 6.17. The van der Waals surface area contributed by atoms with E-state index in [1.807, 2.05) is 13.8 Å². The molecule has 0 aliphatic carbocycles. The van der Waals surface area contributed by atoms with Gasteiger partial charge in [-0.1, -0.05) is 47.5 Å². The molecule has 0 aromatic heterocycles. The van der Waals surface area contributed by atoms with E-state index in [4.69, 9.17) is 0 Å². The van der Waals surface area contributed by atoms with Crippen LogP contribution in [0.25, 0.3) is 0 Å². The fourth-order valence-electron chi connectivity index (χ4n) is 1.30. The molecule has 1 heteroatoms. The van der Waals surface area contributed by atoms with Crippen molar-refractivity contribution in [1.82, 2.24) is 0 Å². The van der Waals surface area contributed by atoms with Crippen LogP contribution in [0.3, 0.4) is 0 Å². The molecule has 0 saturated carbocycles. The van der Waals surface area contributed by atoms with Crippen molar-refractivity contribution in [1.29, 1.82) is 0 Å². The molecule has 0 heterocycles. The second-order valence-electron chi connectivity index (χ2n) is 4.90. The van der Waals surface area contributed by atoms with E-state index in [0.29, 0.717) is 11.7 Å². The Labute approximate surface area is 82.9 Å². The van der Waals surface area contributed by atoms with E-state index in [0.717, 1.165) is 12.3 Å². The molecule has 0 unspecified atom stereocenters. The lowest BCUT2D eigenvalue weighted by Crippen LogP contribution is -2.12. The summed E-state index contributed by atoms with van der Waals surface area (Å²) in [7, 11) is 0. The average molecular weight is 184 g/mol. The van der Waals surface area contributed by atoms with Crippen molar-refractivity contribution in [3.8, 4) is 0 Å². The zero-order chi connectivity index (χ0) is 10.4. The normalized spacial score (nSPS) is 13.8. The Hall–Kier alpha value is -0.330. The highest BCUT2D eigenvalue weighted by molar-refractivity contribution is 5.80. The highest BCUT2D eigenvalue weighted by Gasteiger charge is 2.12. The molecule has 0 spiro atoms. The summed E-state index contributed by atoms with van der Waals surface area (Å²) >= 11 is 0. The summed E-state index contributed by atoms with van der Waals surface area (Å²) in [5.74, 6) is 1.95. The summed E-state index contributed by atoms with van der Waals surface area (Å²) in [6.07, 6.45) is 3.20. The lowest BCUT2D eigenvalue weighted by molar-refractivity contribution is -0.122. The molecule has 0 bridgehead atoms. The summed E-state index contributed by atoms with van der Waals surface area (Å²) in [6.45, 7) is 10.6. The van der Waals surface area contributed by atoms with E-state index >= 15 is 0 Å². The first-order valence-corrected chi connectivity index (χ1v) is 5.46. The van der Waals surface area contributed by atoms with Crippen molar-refractivity contribution in [2.75, 3.05) is 0 Å². The number of carbonyl (C=O) groups excluding carboxylic acids is 1. The van der Waals surface area contributed by atoms with E-state index in [-0.39, 0.29) is 5.92 Å². The van der Waals surface area contributed by atoms with E-state index in [1.54, 1.807) is 0 Å². The fourth-order valence-corrected chi connectivity index (χ4v) is 1.30. The van der Waals surface area contributed by atoms with Gasteiger partial charge in [0.15, 0.2) is 0 Å². The zero-order valence-electron chi connectivity index (χ0n) is 9.76. The van der Waals surface area contributed by atoms with Gasteiger partial charge >= 0.3 is 0 Å². The molecule has 78 valence electrons. The van der Waals surface area contributed by atoms with Crippen LogP contribution < -0.4 is 0 Å². The third-order valence-electron chi connectivity index (χ3n) is 2.43. The predicted molar refractivity (Wildman–Crippen MR) is 57.7 cm³/mol. The summed E-state index contributed by atoms with van der Waals surface area (Å²) in [6, 6.07) is 0. The largest absolute Gasteiger partial charge is 0.299 e. The van der Waals surface area contributed by atoms with Crippen molar-refractivity contribution in [3.05, 3.63) is 0 Å². The van der Waals surface area contributed by atoms with Crippen LogP contribution in [0.5, 0.6) is 0 Å². The van der Waals surface area contributed by atoms with Crippen LogP contribution in [0, 0.1) is 17.8 Å². The van der Waals surface area contributed by atoms with Crippen LogP contribution in [-0.2, 0) is 4.79 Å². The first-order chi connectivity index (χ1) is 5.93. The Morgan fingerprint density at radius 2 is 1.54 bits per heavy atom. The number of hydrogen-bond acceptors (Lipinski definition) is 1. The number of Topliss-reactive ketones (excluding diaryl/α,β-unsaturated/α-hetero) is 1. The van der Waals surface area contributed by atoms with Gasteiger partial charge in [0.1, 0.15) is 5.78 Å². The summed E-state index contributed by atoms with van der Waals surface area (Å²) < 4.78 is 0. The van der Waals surface area contributed by atoms with Gasteiger partial charge in [-0.15, -0.1) is 0 Å². The number of ketones is 1. The SMILES string of the molecule is CC(C)CC[C@H](C)CC(=O)C(C)C. The third kappa shape index (κ3) is 6.80. The Kier molecular flexibility index (Phi) is 6.02. The molecule has 1 atom stereocenters. The monoisotopic (exact) mass is 184 g/mol. The van der Waals surface area contributed by atoms with Gasteiger partial charge in [0.2, 0.25) is 0 Å². The van der Waals surface area contributed by atoms with Crippen LogP contribution in [0.1, 0.15) is 53.9 Å². The van der Waals surface area contributed by atoms with Gasteiger partial charge < -0.3 is 0 Å². The summed E-state index contributed by atoms with van der Waals surface area (Å²) in [4.78, 5) is 11.4. The first kappa shape index (κ1) is 12.7. The molecule has 0 aliphatic heterocycles. The van der Waals surface area contributed by atoms with Gasteiger partial charge in [0.25, 0.3) is 0 Å². The van der Waals surface area contributed by atoms with Gasteiger partial charge in [-0.2, -0.15) is 0 Å². The third-order valence-corrected chi connectivity index (χ3v) is 2.43. The summed E-state index contributed by atoms with van der Waals surface area (Å²) in [5, 5.41) is 0. The van der Waals surface area contributed by atoms with E-state index < -0.39 is 0 Å². The highest BCUT2D eigenvalue weighted by atomic mass is 16.1. The quantitative estimate of drug-likeness (QED) is 0.615. The Balaban J connectivity index is 3.62. The van der Waals surface area contributed by atoms with E-state index in [9.17, 15) is 4.79 Å². The van der Waals surface area contributed by atoms with E-state index in [1.165, 1.54) is 12.8 Å². The van der Waals surface area contributed by atoms with Crippen LogP contribution in [-0.4, -0.2) is 5.78 Å². The second-order valence-corrected chi connectivity index (χ2v) is 4.90. The van der Waals surface area contributed by atoms with Gasteiger partial charge in [-0.3, -0.25) is 4.79 Å². The van der Waals surface area contributed by atoms with Crippen LogP contribution in [0.4, 0.5) is 0 Å². The van der Waals surface area contributed by atoms with Crippen molar-refractivity contribution in [2.24, 2.45) is 17.8 Å².